The fourth-order valence-electron chi connectivity index (χ4n) is 4.80. The number of carbonyl (C=O) groups is 1. The molecule has 0 amide bonds. The van der Waals surface area contributed by atoms with Gasteiger partial charge in [-0.15, -0.1) is 0 Å². The molecule has 1 N–H and O–H groups in total. The summed E-state index contributed by atoms with van der Waals surface area (Å²) in [5.41, 5.74) is 1.77. The summed E-state index contributed by atoms with van der Waals surface area (Å²) in [5, 5.41) is 12.3. The second kappa shape index (κ2) is 8.98. The van der Waals surface area contributed by atoms with Crippen LogP contribution in [0.2, 0.25) is 0 Å². The van der Waals surface area contributed by atoms with Crippen LogP contribution in [0.4, 0.5) is 0 Å². The molecule has 2 aromatic rings. The van der Waals surface area contributed by atoms with Gasteiger partial charge in [0.05, 0.1) is 25.8 Å². The van der Waals surface area contributed by atoms with Crippen LogP contribution in [0, 0.1) is 11.8 Å². The molecule has 3 aliphatic heterocycles. The zero-order chi connectivity index (χ0) is 21.1. The summed E-state index contributed by atoms with van der Waals surface area (Å²) in [7, 11) is 3.02. The summed E-state index contributed by atoms with van der Waals surface area (Å²) in [5.74, 6) is 1.37. The van der Waals surface area contributed by atoms with Gasteiger partial charge in [0.2, 0.25) is 0 Å². The molecular formula is C24H28N2O4. The third kappa shape index (κ3) is 4.11. The average molecular weight is 408 g/mol. The van der Waals surface area contributed by atoms with Gasteiger partial charge in [0.15, 0.2) is 0 Å². The monoisotopic (exact) mass is 408 g/mol. The lowest BCUT2D eigenvalue weighted by Crippen LogP contribution is -2.54. The summed E-state index contributed by atoms with van der Waals surface area (Å²) >= 11 is 0. The highest BCUT2D eigenvalue weighted by Crippen LogP contribution is 2.42. The van der Waals surface area contributed by atoms with E-state index < -0.39 is 6.10 Å². The number of hydrogen-bond acceptors (Lipinski definition) is 6. The van der Waals surface area contributed by atoms with Gasteiger partial charge in [-0.25, -0.2) is 4.79 Å². The number of benzene rings is 1. The van der Waals surface area contributed by atoms with Gasteiger partial charge in [-0.2, -0.15) is 0 Å². The average Bonchev–Trinajstić information content (AvgIpc) is 2.80. The van der Waals surface area contributed by atoms with Crippen LogP contribution >= 0.6 is 0 Å². The molecule has 0 radical (unpaired) electrons. The van der Waals surface area contributed by atoms with Crippen molar-refractivity contribution in [1.82, 2.24) is 9.88 Å². The number of carbonyl (C=O) groups excluding carboxylic acids is 1. The highest BCUT2D eigenvalue weighted by Gasteiger charge is 2.42. The minimum atomic E-state index is -0.574. The molecule has 3 fully saturated rings. The van der Waals surface area contributed by atoms with Crippen molar-refractivity contribution in [3.63, 3.8) is 0 Å². The lowest BCUT2D eigenvalue weighted by Gasteiger charge is -2.50. The first-order valence-corrected chi connectivity index (χ1v) is 10.4. The minimum absolute atomic E-state index is 0.0933. The maximum Gasteiger partial charge on any atom is 0.330 e. The molecule has 4 unspecified atom stereocenters. The maximum atomic E-state index is 11.3. The van der Waals surface area contributed by atoms with Crippen LogP contribution in [0.15, 0.2) is 54.8 Å². The number of esters is 1. The first-order valence-electron chi connectivity index (χ1n) is 10.4. The Labute approximate surface area is 176 Å². The Morgan fingerprint density at radius 1 is 1.30 bits per heavy atom. The molecule has 5 rings (SSSR count). The van der Waals surface area contributed by atoms with E-state index >= 15 is 0 Å². The summed E-state index contributed by atoms with van der Waals surface area (Å²) in [4.78, 5) is 18.0. The van der Waals surface area contributed by atoms with E-state index in [4.69, 9.17) is 4.74 Å². The summed E-state index contributed by atoms with van der Waals surface area (Å²) in [6, 6.07) is 7.79. The number of pyridine rings is 1. The van der Waals surface area contributed by atoms with Crippen LogP contribution in [0.1, 0.15) is 24.5 Å². The van der Waals surface area contributed by atoms with Crippen molar-refractivity contribution in [3.05, 3.63) is 60.3 Å². The molecule has 4 heterocycles. The van der Waals surface area contributed by atoms with Crippen molar-refractivity contribution < 1.29 is 19.4 Å². The van der Waals surface area contributed by atoms with Crippen molar-refractivity contribution in [2.24, 2.45) is 11.8 Å². The normalized spacial score (nSPS) is 27.0. The molecule has 6 nitrogen and oxygen atoms in total. The molecule has 158 valence electrons. The molecule has 6 heteroatoms. The van der Waals surface area contributed by atoms with Gasteiger partial charge in [-0.1, -0.05) is 18.2 Å². The fourth-order valence-corrected chi connectivity index (χ4v) is 4.80. The second-order valence-corrected chi connectivity index (χ2v) is 8.01. The molecule has 3 saturated heterocycles. The smallest absolute Gasteiger partial charge is 0.330 e. The van der Waals surface area contributed by atoms with Gasteiger partial charge in [0, 0.05) is 30.2 Å². The van der Waals surface area contributed by atoms with Crippen molar-refractivity contribution in [1.29, 1.82) is 0 Å². The van der Waals surface area contributed by atoms with Crippen LogP contribution in [-0.2, 0) is 9.53 Å². The van der Waals surface area contributed by atoms with Crippen molar-refractivity contribution in [3.8, 4) is 5.75 Å². The first kappa shape index (κ1) is 20.6. The Hall–Kier alpha value is -2.70. The van der Waals surface area contributed by atoms with E-state index in [9.17, 15) is 9.90 Å². The zero-order valence-electron chi connectivity index (χ0n) is 17.4. The van der Waals surface area contributed by atoms with Crippen LogP contribution in [0.5, 0.6) is 5.75 Å². The van der Waals surface area contributed by atoms with E-state index in [0.29, 0.717) is 11.8 Å². The summed E-state index contributed by atoms with van der Waals surface area (Å²) < 4.78 is 9.98. The molecule has 1 aromatic carbocycles. The first-order chi connectivity index (χ1) is 14.6. The fraction of sp³-hybridized carbons (Fsp3) is 0.417. The molecule has 1 aromatic heterocycles. The number of fused-ring (bicyclic) bond motifs is 4. The molecule has 0 aliphatic carbocycles. The lowest BCUT2D eigenvalue weighted by molar-refractivity contribution is -0.134. The van der Waals surface area contributed by atoms with E-state index in [0.717, 1.165) is 48.1 Å². The topological polar surface area (TPSA) is 71.9 Å². The number of ether oxygens (including phenoxy) is 2. The number of allylic oxidation sites excluding steroid dienone is 2. The highest BCUT2D eigenvalue weighted by molar-refractivity contribution is 5.84. The number of hydrogen-bond donors (Lipinski definition) is 1. The van der Waals surface area contributed by atoms with Gasteiger partial charge < -0.3 is 14.6 Å². The highest BCUT2D eigenvalue weighted by atomic mass is 16.5. The molecule has 2 bridgehead atoms. The van der Waals surface area contributed by atoms with Crippen molar-refractivity contribution in [2.45, 2.75) is 25.0 Å². The van der Waals surface area contributed by atoms with Crippen LogP contribution < -0.4 is 4.74 Å². The van der Waals surface area contributed by atoms with E-state index in [1.54, 1.807) is 19.4 Å². The predicted molar refractivity (Wildman–Crippen MR) is 115 cm³/mol. The molecule has 30 heavy (non-hydrogen) atoms. The molecule has 0 spiro atoms. The molecule has 3 aliphatic rings. The van der Waals surface area contributed by atoms with E-state index in [1.165, 1.54) is 13.2 Å². The second-order valence-electron chi connectivity index (χ2n) is 8.01. The third-order valence-electron chi connectivity index (χ3n) is 6.42. The summed E-state index contributed by atoms with van der Waals surface area (Å²) in [6.07, 6.45) is 10.5. The van der Waals surface area contributed by atoms with Gasteiger partial charge in [-0.3, -0.25) is 9.88 Å². The lowest BCUT2D eigenvalue weighted by atomic mass is 9.73. The third-order valence-corrected chi connectivity index (χ3v) is 6.42. The SMILES string of the molecule is COC(=O)/C=C/C=C\C1CN2CCC1CC2[C@@H](O)c1ccnc2ccc(OC)cc12. The molecular weight excluding hydrogens is 380 g/mol. The van der Waals surface area contributed by atoms with E-state index in [-0.39, 0.29) is 12.0 Å². The summed E-state index contributed by atoms with van der Waals surface area (Å²) in [6.45, 7) is 1.92. The van der Waals surface area contributed by atoms with Crippen molar-refractivity contribution in [2.75, 3.05) is 27.3 Å². The number of rotatable bonds is 6. The zero-order valence-corrected chi connectivity index (χ0v) is 17.4. The number of methoxy groups -OCH3 is 2. The van der Waals surface area contributed by atoms with Gasteiger partial charge in [0.1, 0.15) is 5.75 Å². The maximum absolute atomic E-state index is 11.3. The minimum Gasteiger partial charge on any atom is -0.497 e. The van der Waals surface area contributed by atoms with E-state index in [2.05, 4.69) is 20.7 Å². The number of piperidine rings is 3. The van der Waals surface area contributed by atoms with E-state index in [1.807, 2.05) is 30.3 Å². The Morgan fingerprint density at radius 2 is 2.17 bits per heavy atom. The Balaban J connectivity index is 1.50. The predicted octanol–water partition coefficient (Wildman–Crippen LogP) is 3.27. The molecule has 5 atom stereocenters. The number of aliphatic hydroxyl groups is 1. The Morgan fingerprint density at radius 3 is 2.90 bits per heavy atom. The van der Waals surface area contributed by atoms with Crippen LogP contribution in [0.3, 0.4) is 0 Å². The number of aromatic nitrogens is 1. The van der Waals surface area contributed by atoms with Gasteiger partial charge in [-0.05, 0) is 61.1 Å². The quantitative estimate of drug-likeness (QED) is 0.449. The van der Waals surface area contributed by atoms with Gasteiger partial charge >= 0.3 is 5.97 Å². The van der Waals surface area contributed by atoms with Crippen LogP contribution in [0.25, 0.3) is 10.9 Å². The number of nitrogens with zero attached hydrogens (tertiary/aromatic N) is 2. The van der Waals surface area contributed by atoms with Gasteiger partial charge in [0.25, 0.3) is 0 Å². The largest absolute Gasteiger partial charge is 0.497 e. The van der Waals surface area contributed by atoms with Crippen molar-refractivity contribution >= 4 is 16.9 Å². The van der Waals surface area contributed by atoms with Crippen LogP contribution in [-0.4, -0.2) is 54.3 Å². The standard InChI is InChI=1S/C24H28N2O4/c1-29-18-7-8-21-20(14-18)19(9-11-25-21)24(28)22-13-16-10-12-26(22)15-17(16)5-3-4-6-23(27)30-2/h3-9,11,14,16-17,22,24,28H,10,12-13,15H2,1-2H3/b5-3-,6-4+/t16?,17?,22?,24-/m0/s1. The Bertz CT molecular complexity index is 971. The number of aliphatic hydroxyl groups excluding tert-OH is 1. The molecule has 0 saturated carbocycles. The Kier molecular flexibility index (Phi) is 6.16.